The molecule has 2 fully saturated rings. The Morgan fingerprint density at radius 2 is 1.55 bits per heavy atom. The van der Waals surface area contributed by atoms with Crippen LogP contribution in [0.5, 0.6) is 5.75 Å². The van der Waals surface area contributed by atoms with E-state index in [9.17, 15) is 8.78 Å². The summed E-state index contributed by atoms with van der Waals surface area (Å²) in [6, 6.07) is 3.40. The topological polar surface area (TPSA) is 9.23 Å². The van der Waals surface area contributed by atoms with Gasteiger partial charge in [0, 0.05) is 0 Å². The Kier molecular flexibility index (Phi) is 8.56. The summed E-state index contributed by atoms with van der Waals surface area (Å²) < 4.78 is 34.7. The molecule has 2 saturated carbocycles. The van der Waals surface area contributed by atoms with Crippen LogP contribution in [0.3, 0.4) is 0 Å². The van der Waals surface area contributed by atoms with Crippen molar-refractivity contribution in [3.63, 3.8) is 0 Å². The monoisotopic (exact) mass is 404 g/mol. The lowest BCUT2D eigenvalue weighted by Crippen LogP contribution is -2.25. The zero-order valence-corrected chi connectivity index (χ0v) is 18.3. The third-order valence-electron chi connectivity index (χ3n) is 7.24. The predicted octanol–water partition coefficient (Wildman–Crippen LogP) is 8.19. The van der Waals surface area contributed by atoms with Crippen molar-refractivity contribution >= 4 is 0 Å². The number of allylic oxidation sites excluding steroid dienone is 2. The average Bonchev–Trinajstić information content (AvgIpc) is 2.75. The van der Waals surface area contributed by atoms with Gasteiger partial charge < -0.3 is 4.74 Å². The van der Waals surface area contributed by atoms with Gasteiger partial charge in [0.05, 0.1) is 6.61 Å². The van der Waals surface area contributed by atoms with Gasteiger partial charge in [0.1, 0.15) is 0 Å². The van der Waals surface area contributed by atoms with Crippen LogP contribution >= 0.6 is 0 Å². The Balaban J connectivity index is 1.52. The third kappa shape index (κ3) is 5.83. The van der Waals surface area contributed by atoms with E-state index in [1.54, 1.807) is 12.1 Å². The van der Waals surface area contributed by atoms with Crippen molar-refractivity contribution in [1.29, 1.82) is 0 Å². The van der Waals surface area contributed by atoms with Gasteiger partial charge in [-0.25, -0.2) is 4.39 Å². The Morgan fingerprint density at radius 1 is 0.897 bits per heavy atom. The summed E-state index contributed by atoms with van der Waals surface area (Å²) in [4.78, 5) is 0. The Hall–Kier alpha value is -1.38. The molecule has 1 nitrogen and oxygen atoms in total. The molecule has 0 unspecified atom stereocenters. The minimum absolute atomic E-state index is 0.0638. The summed E-state index contributed by atoms with van der Waals surface area (Å²) in [5, 5.41) is 0. The first-order chi connectivity index (χ1) is 14.1. The first-order valence-corrected chi connectivity index (χ1v) is 11.9. The van der Waals surface area contributed by atoms with Crippen LogP contribution in [0.25, 0.3) is 0 Å². The molecule has 3 rings (SSSR count). The Bertz CT molecular complexity index is 653. The van der Waals surface area contributed by atoms with Crippen molar-refractivity contribution in [2.75, 3.05) is 6.61 Å². The zero-order valence-electron chi connectivity index (χ0n) is 18.3. The molecule has 1 aromatic rings. The lowest BCUT2D eigenvalue weighted by molar-refractivity contribution is 0.170. The highest BCUT2D eigenvalue weighted by atomic mass is 19.2. The van der Waals surface area contributed by atoms with Gasteiger partial charge in [0.25, 0.3) is 0 Å². The smallest absolute Gasteiger partial charge is 0.200 e. The van der Waals surface area contributed by atoms with E-state index >= 15 is 0 Å². The van der Waals surface area contributed by atoms with E-state index in [0.29, 0.717) is 12.2 Å². The molecule has 3 heteroatoms. The number of rotatable bonds is 8. The number of unbranched alkanes of at least 4 members (excludes halogenated alkanes) is 2. The normalized spacial score (nSPS) is 28.0. The van der Waals surface area contributed by atoms with Crippen LogP contribution in [-0.2, 0) is 0 Å². The van der Waals surface area contributed by atoms with Crippen molar-refractivity contribution < 1.29 is 13.5 Å². The van der Waals surface area contributed by atoms with Crippen molar-refractivity contribution in [2.45, 2.75) is 90.4 Å². The highest BCUT2D eigenvalue weighted by Crippen LogP contribution is 2.45. The number of halogens is 2. The van der Waals surface area contributed by atoms with Gasteiger partial charge in [-0.1, -0.05) is 38.0 Å². The van der Waals surface area contributed by atoms with Crippen LogP contribution in [0.1, 0.15) is 96.0 Å². The van der Waals surface area contributed by atoms with Crippen molar-refractivity contribution in [3.8, 4) is 5.75 Å². The van der Waals surface area contributed by atoms with Crippen LogP contribution in [0.4, 0.5) is 8.78 Å². The molecule has 0 bridgehead atoms. The highest BCUT2D eigenvalue weighted by molar-refractivity contribution is 5.33. The molecule has 0 atom stereocenters. The first kappa shape index (κ1) is 22.3. The van der Waals surface area contributed by atoms with E-state index in [2.05, 4.69) is 26.0 Å². The minimum atomic E-state index is -0.802. The number of benzene rings is 1. The Labute approximate surface area is 175 Å². The summed E-state index contributed by atoms with van der Waals surface area (Å²) in [5.74, 6) is 1.09. The summed E-state index contributed by atoms with van der Waals surface area (Å²) in [6.45, 7) is 4.67. The first-order valence-electron chi connectivity index (χ1n) is 11.9. The largest absolute Gasteiger partial charge is 0.490 e. The summed E-state index contributed by atoms with van der Waals surface area (Å²) in [6.07, 6.45) is 17.1. The summed E-state index contributed by atoms with van der Waals surface area (Å²) in [5.41, 5.74) is 0.554. The predicted molar refractivity (Wildman–Crippen MR) is 116 cm³/mol. The molecule has 162 valence electrons. The van der Waals surface area contributed by atoms with E-state index in [-0.39, 0.29) is 11.7 Å². The van der Waals surface area contributed by atoms with Gasteiger partial charge in [-0.05, 0) is 100 Å². The van der Waals surface area contributed by atoms with Crippen LogP contribution in [-0.4, -0.2) is 6.61 Å². The maximum atomic E-state index is 14.7. The lowest BCUT2D eigenvalue weighted by atomic mass is 9.68. The maximum absolute atomic E-state index is 14.7. The van der Waals surface area contributed by atoms with Crippen molar-refractivity contribution in [3.05, 3.63) is 41.5 Å². The van der Waals surface area contributed by atoms with E-state index in [1.165, 1.54) is 25.7 Å². The van der Waals surface area contributed by atoms with E-state index in [1.807, 2.05) is 0 Å². The lowest BCUT2D eigenvalue weighted by Gasteiger charge is -2.37. The van der Waals surface area contributed by atoms with Gasteiger partial charge in [0.15, 0.2) is 11.6 Å². The van der Waals surface area contributed by atoms with Crippen LogP contribution in [0.15, 0.2) is 24.3 Å². The molecule has 0 aromatic heterocycles. The van der Waals surface area contributed by atoms with Crippen molar-refractivity contribution in [1.82, 2.24) is 0 Å². The molecule has 2 aliphatic rings. The molecule has 0 heterocycles. The summed E-state index contributed by atoms with van der Waals surface area (Å²) >= 11 is 0. The van der Waals surface area contributed by atoms with Crippen molar-refractivity contribution in [2.24, 2.45) is 17.8 Å². The third-order valence-corrected chi connectivity index (χ3v) is 7.24. The van der Waals surface area contributed by atoms with Crippen LogP contribution < -0.4 is 4.74 Å². The van der Waals surface area contributed by atoms with E-state index < -0.39 is 11.6 Å². The molecule has 0 saturated heterocycles. The standard InChI is InChI=1S/C26H38F2O/c1-3-5-6-18-29-24-17-16-23(25(27)26(24)28)22-14-12-21(13-15-22)20-10-8-19(7-4-2)9-11-20/h4,7,16-17,19-22H,3,5-6,8-15,18H2,1-2H3/b7-4+. The quantitative estimate of drug-likeness (QED) is 0.313. The number of ether oxygens (including phenoxy) is 1. The molecule has 0 N–H and O–H groups in total. The van der Waals surface area contributed by atoms with Crippen LogP contribution in [0, 0.1) is 29.4 Å². The van der Waals surface area contributed by atoms with Gasteiger partial charge in [0.2, 0.25) is 5.82 Å². The molecule has 29 heavy (non-hydrogen) atoms. The van der Waals surface area contributed by atoms with E-state index in [0.717, 1.165) is 62.7 Å². The molecular weight excluding hydrogens is 366 g/mol. The van der Waals surface area contributed by atoms with Gasteiger partial charge >= 0.3 is 0 Å². The van der Waals surface area contributed by atoms with Gasteiger partial charge in [-0.15, -0.1) is 0 Å². The average molecular weight is 405 g/mol. The SMILES string of the molecule is C/C=C/C1CCC(C2CCC(c3ccc(OCCCCC)c(F)c3F)CC2)CC1. The zero-order chi connectivity index (χ0) is 20.6. The summed E-state index contributed by atoms with van der Waals surface area (Å²) in [7, 11) is 0. The molecule has 0 aliphatic heterocycles. The second-order valence-electron chi connectivity index (χ2n) is 9.15. The molecule has 2 aliphatic carbocycles. The second kappa shape index (κ2) is 11.1. The molecular formula is C26H38F2O. The fourth-order valence-corrected chi connectivity index (χ4v) is 5.49. The molecule has 0 radical (unpaired) electrons. The highest BCUT2D eigenvalue weighted by Gasteiger charge is 2.32. The second-order valence-corrected chi connectivity index (χ2v) is 9.15. The Morgan fingerprint density at radius 3 is 2.17 bits per heavy atom. The van der Waals surface area contributed by atoms with Gasteiger partial charge in [-0.3, -0.25) is 0 Å². The fourth-order valence-electron chi connectivity index (χ4n) is 5.49. The fraction of sp³-hybridized carbons (Fsp3) is 0.692. The molecule has 0 amide bonds. The number of hydrogen-bond donors (Lipinski definition) is 0. The van der Waals surface area contributed by atoms with Crippen LogP contribution in [0.2, 0.25) is 0 Å². The van der Waals surface area contributed by atoms with E-state index in [4.69, 9.17) is 4.74 Å². The maximum Gasteiger partial charge on any atom is 0.200 e. The minimum Gasteiger partial charge on any atom is -0.490 e. The molecule has 1 aromatic carbocycles. The molecule has 0 spiro atoms. The van der Waals surface area contributed by atoms with Gasteiger partial charge in [-0.2, -0.15) is 4.39 Å². The number of hydrogen-bond acceptors (Lipinski definition) is 1.